The monoisotopic (exact) mass is 199 g/mol. The van der Waals surface area contributed by atoms with E-state index in [2.05, 4.69) is 17.3 Å². The number of hydrogen-bond donors (Lipinski definition) is 1. The minimum atomic E-state index is -0.182. The molecule has 1 fully saturated rings. The van der Waals surface area contributed by atoms with Crippen molar-refractivity contribution in [1.82, 2.24) is 4.98 Å². The maximum absolute atomic E-state index is 9.26. The summed E-state index contributed by atoms with van der Waals surface area (Å²) in [5.74, 6) is 0. The van der Waals surface area contributed by atoms with Gasteiger partial charge in [-0.2, -0.15) is 0 Å². The third-order valence-electron chi connectivity index (χ3n) is 2.43. The number of ether oxygens (including phenoxy) is 1. The lowest BCUT2D eigenvalue weighted by molar-refractivity contribution is -0.0842. The number of aliphatic hydroxyl groups is 1. The molecule has 1 aromatic heterocycles. The second-order valence-electron chi connectivity index (χ2n) is 3.43. The third-order valence-corrected chi connectivity index (χ3v) is 3.56. The summed E-state index contributed by atoms with van der Waals surface area (Å²) in [6.45, 7) is 3.45. The number of aryl methyl sites for hydroxylation is 1. The van der Waals surface area contributed by atoms with Crippen LogP contribution in [0.4, 0.5) is 0 Å². The first-order valence-electron chi connectivity index (χ1n) is 4.44. The van der Waals surface area contributed by atoms with E-state index in [4.69, 9.17) is 4.74 Å². The molecule has 0 aromatic carbocycles. The van der Waals surface area contributed by atoms with Crippen molar-refractivity contribution in [3.8, 4) is 0 Å². The van der Waals surface area contributed by atoms with Gasteiger partial charge < -0.3 is 9.84 Å². The maximum Gasteiger partial charge on any atom is 0.106 e. The SMILES string of the molecule is CCc1csc(C2(CO)COC2)n1. The predicted molar refractivity (Wildman–Crippen MR) is 51.1 cm³/mol. The van der Waals surface area contributed by atoms with Gasteiger partial charge in [0.15, 0.2) is 0 Å². The molecule has 0 amide bonds. The van der Waals surface area contributed by atoms with Gasteiger partial charge in [-0.25, -0.2) is 4.98 Å². The summed E-state index contributed by atoms with van der Waals surface area (Å²) in [6.07, 6.45) is 0.957. The van der Waals surface area contributed by atoms with Crippen LogP contribution in [-0.4, -0.2) is 29.9 Å². The van der Waals surface area contributed by atoms with Crippen molar-refractivity contribution in [2.24, 2.45) is 0 Å². The Kier molecular flexibility index (Phi) is 2.36. The summed E-state index contributed by atoms with van der Waals surface area (Å²) in [7, 11) is 0. The fraction of sp³-hybridized carbons (Fsp3) is 0.667. The largest absolute Gasteiger partial charge is 0.395 e. The van der Waals surface area contributed by atoms with Crippen molar-refractivity contribution in [2.75, 3.05) is 19.8 Å². The van der Waals surface area contributed by atoms with Crippen LogP contribution in [0.2, 0.25) is 0 Å². The molecule has 2 rings (SSSR count). The zero-order chi connectivity index (χ0) is 9.31. The van der Waals surface area contributed by atoms with Gasteiger partial charge in [0.1, 0.15) is 5.01 Å². The van der Waals surface area contributed by atoms with Crippen LogP contribution in [0.1, 0.15) is 17.6 Å². The minimum Gasteiger partial charge on any atom is -0.395 e. The van der Waals surface area contributed by atoms with E-state index in [1.807, 2.05) is 0 Å². The summed E-state index contributed by atoms with van der Waals surface area (Å²) < 4.78 is 5.13. The van der Waals surface area contributed by atoms with Crippen molar-refractivity contribution >= 4 is 11.3 Å². The van der Waals surface area contributed by atoms with Gasteiger partial charge in [0, 0.05) is 5.38 Å². The Morgan fingerprint density at radius 3 is 2.85 bits per heavy atom. The molecule has 0 aliphatic carbocycles. The molecular formula is C9H13NO2S. The number of rotatable bonds is 3. The van der Waals surface area contributed by atoms with E-state index in [-0.39, 0.29) is 12.0 Å². The van der Waals surface area contributed by atoms with E-state index in [0.29, 0.717) is 13.2 Å². The molecule has 1 saturated heterocycles. The number of aromatic nitrogens is 1. The second-order valence-corrected chi connectivity index (χ2v) is 4.29. The van der Waals surface area contributed by atoms with E-state index >= 15 is 0 Å². The number of hydrogen-bond acceptors (Lipinski definition) is 4. The van der Waals surface area contributed by atoms with E-state index in [1.54, 1.807) is 11.3 Å². The molecular weight excluding hydrogens is 186 g/mol. The summed E-state index contributed by atoms with van der Waals surface area (Å²) in [4.78, 5) is 4.47. The van der Waals surface area contributed by atoms with Gasteiger partial charge in [-0.15, -0.1) is 11.3 Å². The second kappa shape index (κ2) is 3.36. The van der Waals surface area contributed by atoms with Gasteiger partial charge in [-0.05, 0) is 6.42 Å². The van der Waals surface area contributed by atoms with Crippen molar-refractivity contribution in [1.29, 1.82) is 0 Å². The van der Waals surface area contributed by atoms with Crippen molar-refractivity contribution in [3.63, 3.8) is 0 Å². The van der Waals surface area contributed by atoms with Crippen molar-refractivity contribution in [2.45, 2.75) is 18.8 Å². The molecule has 1 N–H and O–H groups in total. The van der Waals surface area contributed by atoms with Crippen LogP contribution in [0.3, 0.4) is 0 Å². The van der Waals surface area contributed by atoms with Gasteiger partial charge in [0.05, 0.1) is 30.9 Å². The summed E-state index contributed by atoms with van der Waals surface area (Å²) >= 11 is 1.63. The summed E-state index contributed by atoms with van der Waals surface area (Å²) in [5, 5.41) is 12.3. The topological polar surface area (TPSA) is 42.4 Å². The summed E-state index contributed by atoms with van der Waals surface area (Å²) in [6, 6.07) is 0. The zero-order valence-electron chi connectivity index (χ0n) is 7.62. The van der Waals surface area contributed by atoms with Crippen molar-refractivity contribution < 1.29 is 9.84 Å². The number of thiazole rings is 1. The molecule has 2 heterocycles. The van der Waals surface area contributed by atoms with Gasteiger partial charge in [-0.3, -0.25) is 0 Å². The molecule has 0 spiro atoms. The highest BCUT2D eigenvalue weighted by molar-refractivity contribution is 7.09. The highest BCUT2D eigenvalue weighted by Gasteiger charge is 2.42. The average molecular weight is 199 g/mol. The van der Waals surface area contributed by atoms with Crippen molar-refractivity contribution in [3.05, 3.63) is 16.1 Å². The Morgan fingerprint density at radius 1 is 1.69 bits per heavy atom. The summed E-state index contributed by atoms with van der Waals surface area (Å²) in [5.41, 5.74) is 0.928. The molecule has 4 heteroatoms. The molecule has 1 aliphatic heterocycles. The Balaban J connectivity index is 2.23. The predicted octanol–water partition coefficient (Wildman–Crippen LogP) is 0.966. The minimum absolute atomic E-state index is 0.143. The van der Waals surface area contributed by atoms with Gasteiger partial charge >= 0.3 is 0 Å². The van der Waals surface area contributed by atoms with Crippen LogP contribution in [0.15, 0.2) is 5.38 Å². The lowest BCUT2D eigenvalue weighted by Crippen LogP contribution is -2.49. The lowest BCUT2D eigenvalue weighted by atomic mass is 9.88. The van der Waals surface area contributed by atoms with Crippen LogP contribution in [0, 0.1) is 0 Å². The Bertz CT molecular complexity index is 288. The van der Waals surface area contributed by atoms with E-state index in [1.165, 1.54) is 0 Å². The van der Waals surface area contributed by atoms with Gasteiger partial charge in [-0.1, -0.05) is 6.92 Å². The van der Waals surface area contributed by atoms with Gasteiger partial charge in [0.2, 0.25) is 0 Å². The number of nitrogens with zero attached hydrogens (tertiary/aromatic N) is 1. The molecule has 0 unspecified atom stereocenters. The van der Waals surface area contributed by atoms with E-state index < -0.39 is 0 Å². The first-order valence-corrected chi connectivity index (χ1v) is 5.32. The number of aliphatic hydroxyl groups excluding tert-OH is 1. The van der Waals surface area contributed by atoms with Gasteiger partial charge in [0.25, 0.3) is 0 Å². The normalized spacial score (nSPS) is 19.8. The highest BCUT2D eigenvalue weighted by atomic mass is 32.1. The van der Waals surface area contributed by atoms with E-state index in [9.17, 15) is 5.11 Å². The standard InChI is InChI=1S/C9H13NO2S/c1-2-7-3-13-8(10-7)9(4-11)5-12-6-9/h3,11H,2,4-6H2,1H3. The molecule has 1 aliphatic rings. The first kappa shape index (κ1) is 9.12. The molecule has 1 aromatic rings. The highest BCUT2D eigenvalue weighted by Crippen LogP contribution is 2.33. The van der Waals surface area contributed by atoms with Crippen LogP contribution in [0.5, 0.6) is 0 Å². The van der Waals surface area contributed by atoms with E-state index in [0.717, 1.165) is 17.1 Å². The van der Waals surface area contributed by atoms with Crippen LogP contribution >= 0.6 is 11.3 Å². The maximum atomic E-state index is 9.26. The smallest absolute Gasteiger partial charge is 0.106 e. The first-order chi connectivity index (χ1) is 6.30. The average Bonchev–Trinajstić information content (AvgIpc) is 2.52. The molecule has 0 bridgehead atoms. The zero-order valence-corrected chi connectivity index (χ0v) is 8.43. The molecule has 0 saturated carbocycles. The molecule has 0 atom stereocenters. The molecule has 3 nitrogen and oxygen atoms in total. The van der Waals surface area contributed by atoms with Crippen LogP contribution < -0.4 is 0 Å². The third kappa shape index (κ3) is 1.39. The molecule has 0 radical (unpaired) electrons. The molecule has 13 heavy (non-hydrogen) atoms. The fourth-order valence-electron chi connectivity index (χ4n) is 1.34. The Hall–Kier alpha value is -0.450. The fourth-order valence-corrected chi connectivity index (χ4v) is 2.41. The lowest BCUT2D eigenvalue weighted by Gasteiger charge is -2.37. The Labute approximate surface area is 81.4 Å². The Morgan fingerprint density at radius 2 is 2.46 bits per heavy atom. The van der Waals surface area contributed by atoms with Crippen LogP contribution in [-0.2, 0) is 16.6 Å². The van der Waals surface area contributed by atoms with Crippen LogP contribution in [0.25, 0.3) is 0 Å². The quantitative estimate of drug-likeness (QED) is 0.788. The molecule has 72 valence electrons.